The Balaban J connectivity index is 1.96. The molecule has 0 aliphatic heterocycles. The van der Waals surface area contributed by atoms with Crippen LogP contribution in [0.2, 0.25) is 0 Å². The van der Waals surface area contributed by atoms with Gasteiger partial charge in [-0.2, -0.15) is 0 Å². The molecule has 0 aromatic carbocycles. The first-order valence-corrected chi connectivity index (χ1v) is 6.75. The number of aromatic carboxylic acids is 1. The molecule has 2 heterocycles. The molecule has 0 spiro atoms. The van der Waals surface area contributed by atoms with Crippen molar-refractivity contribution in [1.82, 2.24) is 20.3 Å². The third-order valence-electron chi connectivity index (χ3n) is 2.44. The second-order valence-electron chi connectivity index (χ2n) is 3.86. The van der Waals surface area contributed by atoms with Gasteiger partial charge in [-0.3, -0.25) is 4.79 Å². The summed E-state index contributed by atoms with van der Waals surface area (Å²) >= 11 is 1.55. The number of amides is 1. The lowest BCUT2D eigenvalue weighted by Crippen LogP contribution is -2.24. The molecule has 20 heavy (non-hydrogen) atoms. The molecule has 2 N–H and O–H groups in total. The Morgan fingerprint density at radius 3 is 2.55 bits per heavy atom. The van der Waals surface area contributed by atoms with E-state index in [9.17, 15) is 9.59 Å². The van der Waals surface area contributed by atoms with Gasteiger partial charge in [-0.1, -0.05) is 6.92 Å². The number of nitrogens with one attached hydrogen (secondary N) is 1. The summed E-state index contributed by atoms with van der Waals surface area (Å²) < 4.78 is 0. The third-order valence-corrected chi connectivity index (χ3v) is 3.48. The van der Waals surface area contributed by atoms with E-state index in [1.165, 1.54) is 0 Å². The van der Waals surface area contributed by atoms with E-state index in [1.807, 2.05) is 12.3 Å². The van der Waals surface area contributed by atoms with Gasteiger partial charge in [-0.25, -0.2) is 19.7 Å². The zero-order valence-electron chi connectivity index (χ0n) is 10.7. The summed E-state index contributed by atoms with van der Waals surface area (Å²) in [7, 11) is 0. The van der Waals surface area contributed by atoms with Crippen molar-refractivity contribution in [1.29, 1.82) is 0 Å². The number of hydrogen-bond acceptors (Lipinski definition) is 6. The fourth-order valence-corrected chi connectivity index (χ4v) is 2.15. The van der Waals surface area contributed by atoms with Gasteiger partial charge in [0.15, 0.2) is 5.69 Å². The average molecular weight is 292 g/mol. The summed E-state index contributed by atoms with van der Waals surface area (Å²) in [5, 5.41) is 14.2. The molecule has 0 bridgehead atoms. The quantitative estimate of drug-likeness (QED) is 0.855. The third kappa shape index (κ3) is 3.35. The molecule has 0 unspecified atom stereocenters. The van der Waals surface area contributed by atoms with Crippen LogP contribution in [-0.2, 0) is 13.0 Å². The van der Waals surface area contributed by atoms with Crippen LogP contribution in [0.1, 0.15) is 38.6 Å². The van der Waals surface area contributed by atoms with Crippen molar-refractivity contribution in [3.05, 3.63) is 39.9 Å². The number of hydrogen-bond donors (Lipinski definition) is 2. The molecular formula is C12H12N4O3S. The maximum absolute atomic E-state index is 11.8. The smallest absolute Gasteiger partial charge is 0.356 e. The summed E-state index contributed by atoms with van der Waals surface area (Å²) in [6.45, 7) is 2.32. The Kier molecular flexibility index (Phi) is 4.36. The largest absolute Gasteiger partial charge is 0.476 e. The predicted molar refractivity (Wildman–Crippen MR) is 71.7 cm³/mol. The molecule has 2 aromatic heterocycles. The van der Waals surface area contributed by atoms with Gasteiger partial charge in [-0.15, -0.1) is 11.3 Å². The maximum Gasteiger partial charge on any atom is 0.356 e. The fraction of sp³-hybridized carbons (Fsp3) is 0.250. The number of thiazole rings is 1. The Morgan fingerprint density at radius 2 is 2.00 bits per heavy atom. The number of carboxylic acid groups (broad SMARTS) is 1. The van der Waals surface area contributed by atoms with Crippen molar-refractivity contribution in [3.8, 4) is 0 Å². The van der Waals surface area contributed by atoms with Crippen molar-refractivity contribution in [2.75, 3.05) is 0 Å². The number of rotatable bonds is 5. The lowest BCUT2D eigenvalue weighted by Gasteiger charge is -2.02. The predicted octanol–water partition coefficient (Wildman–Crippen LogP) is 1.12. The minimum absolute atomic E-state index is 0.0703. The molecule has 0 fully saturated rings. The Bertz CT molecular complexity index is 624. The van der Waals surface area contributed by atoms with Crippen molar-refractivity contribution in [3.63, 3.8) is 0 Å². The van der Waals surface area contributed by atoms with Crippen LogP contribution in [0.25, 0.3) is 0 Å². The molecule has 0 saturated heterocycles. The molecule has 2 rings (SSSR count). The van der Waals surface area contributed by atoms with Crippen molar-refractivity contribution in [2.24, 2.45) is 0 Å². The topological polar surface area (TPSA) is 105 Å². The van der Waals surface area contributed by atoms with E-state index in [1.54, 1.807) is 11.3 Å². The molecule has 2 aromatic rings. The second kappa shape index (κ2) is 6.20. The Morgan fingerprint density at radius 1 is 1.30 bits per heavy atom. The first-order chi connectivity index (χ1) is 9.60. The van der Waals surface area contributed by atoms with Gasteiger partial charge in [0.05, 0.1) is 29.6 Å². The number of aromatic nitrogens is 3. The fourth-order valence-electron chi connectivity index (χ4n) is 1.41. The molecule has 0 aliphatic carbocycles. The van der Waals surface area contributed by atoms with Crippen LogP contribution in [-0.4, -0.2) is 31.9 Å². The second-order valence-corrected chi connectivity index (χ2v) is 4.80. The van der Waals surface area contributed by atoms with Crippen LogP contribution in [0.5, 0.6) is 0 Å². The van der Waals surface area contributed by atoms with Crippen molar-refractivity contribution < 1.29 is 14.7 Å². The first kappa shape index (κ1) is 14.1. The zero-order chi connectivity index (χ0) is 14.5. The Labute approximate surface area is 118 Å². The van der Waals surface area contributed by atoms with Gasteiger partial charge >= 0.3 is 5.97 Å². The average Bonchev–Trinajstić information content (AvgIpc) is 2.93. The number of carbonyl (C=O) groups is 2. The minimum atomic E-state index is -1.18. The number of carboxylic acids is 1. The zero-order valence-corrected chi connectivity index (χ0v) is 11.5. The van der Waals surface area contributed by atoms with Gasteiger partial charge < -0.3 is 10.4 Å². The van der Waals surface area contributed by atoms with Crippen LogP contribution in [0.4, 0.5) is 0 Å². The molecule has 7 nitrogen and oxygen atoms in total. The van der Waals surface area contributed by atoms with Crippen LogP contribution < -0.4 is 5.32 Å². The first-order valence-electron chi connectivity index (χ1n) is 5.87. The highest BCUT2D eigenvalue weighted by atomic mass is 32.1. The lowest BCUT2D eigenvalue weighted by atomic mass is 10.3. The molecule has 0 aliphatic rings. The van der Waals surface area contributed by atoms with Crippen molar-refractivity contribution >= 4 is 23.2 Å². The number of carbonyl (C=O) groups excluding carboxylic acids is 1. The Hall–Kier alpha value is -2.35. The van der Waals surface area contributed by atoms with E-state index in [0.717, 1.165) is 29.5 Å². The van der Waals surface area contributed by atoms with Crippen LogP contribution >= 0.6 is 11.3 Å². The number of nitrogens with zero attached hydrogens (tertiary/aromatic N) is 3. The lowest BCUT2D eigenvalue weighted by molar-refractivity contribution is 0.0689. The molecule has 0 radical (unpaired) electrons. The highest BCUT2D eigenvalue weighted by Crippen LogP contribution is 2.09. The molecule has 1 amide bonds. The van der Waals surface area contributed by atoms with Gasteiger partial charge in [0, 0.05) is 5.38 Å². The van der Waals surface area contributed by atoms with E-state index in [-0.39, 0.29) is 11.4 Å². The maximum atomic E-state index is 11.8. The standard InChI is InChI=1S/C12H12N4O3S/c1-2-10-16-7(6-20-10)3-15-11(17)8-4-14-9(5-13-8)12(18)19/h4-6H,2-3H2,1H3,(H,15,17)(H,18,19). The normalized spacial score (nSPS) is 10.2. The molecule has 8 heteroatoms. The SMILES string of the molecule is CCc1nc(CNC(=O)c2cnc(C(=O)O)cn2)cs1. The van der Waals surface area contributed by atoms with Crippen molar-refractivity contribution in [2.45, 2.75) is 19.9 Å². The highest BCUT2D eigenvalue weighted by Gasteiger charge is 2.11. The van der Waals surface area contributed by atoms with Gasteiger partial charge in [0.25, 0.3) is 5.91 Å². The molecule has 0 atom stereocenters. The van der Waals surface area contributed by atoms with E-state index in [2.05, 4.69) is 20.3 Å². The molecule has 104 valence electrons. The van der Waals surface area contributed by atoms with E-state index in [4.69, 9.17) is 5.11 Å². The van der Waals surface area contributed by atoms with E-state index >= 15 is 0 Å². The molecular weight excluding hydrogens is 280 g/mol. The van der Waals surface area contributed by atoms with Gasteiger partial charge in [-0.05, 0) is 6.42 Å². The van der Waals surface area contributed by atoms with E-state index in [0.29, 0.717) is 6.54 Å². The minimum Gasteiger partial charge on any atom is -0.476 e. The summed E-state index contributed by atoms with van der Waals surface area (Å²) in [4.78, 5) is 34.1. The monoisotopic (exact) mass is 292 g/mol. The van der Waals surface area contributed by atoms with Crippen LogP contribution in [0.3, 0.4) is 0 Å². The van der Waals surface area contributed by atoms with Crippen LogP contribution in [0.15, 0.2) is 17.8 Å². The van der Waals surface area contributed by atoms with Crippen LogP contribution in [0, 0.1) is 0 Å². The summed E-state index contributed by atoms with van der Waals surface area (Å²) in [6, 6.07) is 0. The highest BCUT2D eigenvalue weighted by molar-refractivity contribution is 7.09. The number of aryl methyl sites for hydroxylation is 1. The summed E-state index contributed by atoms with van der Waals surface area (Å²) in [5.74, 6) is -1.60. The molecule has 0 saturated carbocycles. The van der Waals surface area contributed by atoms with E-state index < -0.39 is 11.9 Å². The van der Waals surface area contributed by atoms with Gasteiger partial charge in [0.1, 0.15) is 5.69 Å². The summed E-state index contributed by atoms with van der Waals surface area (Å²) in [5.41, 5.74) is 0.657. The van der Waals surface area contributed by atoms with Gasteiger partial charge in [0.2, 0.25) is 0 Å². The summed E-state index contributed by atoms with van der Waals surface area (Å²) in [6.07, 6.45) is 3.05.